The molecule has 0 unspecified atom stereocenters. The van der Waals surface area contributed by atoms with Gasteiger partial charge in [0.1, 0.15) is 11.8 Å². The lowest BCUT2D eigenvalue weighted by Gasteiger charge is -2.21. The van der Waals surface area contributed by atoms with Gasteiger partial charge in [-0.2, -0.15) is 5.26 Å². The molecule has 0 saturated carbocycles. The minimum atomic E-state index is -0.426. The van der Waals surface area contributed by atoms with Crippen LogP contribution in [0.1, 0.15) is 11.1 Å². The van der Waals surface area contributed by atoms with Gasteiger partial charge in [0.05, 0.1) is 22.8 Å². The van der Waals surface area contributed by atoms with Crippen molar-refractivity contribution < 1.29 is 9.13 Å². The van der Waals surface area contributed by atoms with Crippen LogP contribution in [-0.2, 0) is 6.54 Å². The van der Waals surface area contributed by atoms with E-state index in [4.69, 9.17) is 10.00 Å². The Morgan fingerprint density at radius 1 is 1.24 bits per heavy atom. The smallest absolute Gasteiger partial charge is 0.161 e. The molecule has 0 spiro atoms. The fraction of sp³-hybridized carbons (Fsp3) is 0.188. The summed E-state index contributed by atoms with van der Waals surface area (Å²) in [6.07, 6.45) is 0. The second-order valence-electron chi connectivity index (χ2n) is 4.58. The van der Waals surface area contributed by atoms with Gasteiger partial charge in [-0.3, -0.25) is 0 Å². The molecule has 0 radical (unpaired) electrons. The molecule has 0 N–H and O–H groups in total. The van der Waals surface area contributed by atoms with Crippen molar-refractivity contribution in [2.24, 2.45) is 0 Å². The van der Waals surface area contributed by atoms with Gasteiger partial charge in [0.25, 0.3) is 0 Å². The van der Waals surface area contributed by atoms with E-state index in [9.17, 15) is 4.39 Å². The van der Waals surface area contributed by atoms with Crippen LogP contribution < -0.4 is 9.64 Å². The summed E-state index contributed by atoms with van der Waals surface area (Å²) in [6.45, 7) is 0.555. The standard InChI is InChI=1S/C16H14BrFN2O/c1-20(10-11-3-6-13(21-2)7-4-11)14-8-5-12(9-19)15(17)16(14)18/h3-8H,10H2,1-2H3. The Morgan fingerprint density at radius 3 is 2.48 bits per heavy atom. The van der Waals surface area contributed by atoms with Crippen LogP contribution in [0.4, 0.5) is 10.1 Å². The van der Waals surface area contributed by atoms with Gasteiger partial charge in [-0.15, -0.1) is 0 Å². The van der Waals surface area contributed by atoms with E-state index in [0.717, 1.165) is 11.3 Å². The molecular formula is C16H14BrFN2O. The minimum absolute atomic E-state index is 0.198. The number of anilines is 1. The summed E-state index contributed by atoms with van der Waals surface area (Å²) in [7, 11) is 3.42. The van der Waals surface area contributed by atoms with Crippen molar-refractivity contribution in [2.75, 3.05) is 19.1 Å². The summed E-state index contributed by atoms with van der Waals surface area (Å²) in [5, 5.41) is 8.88. The van der Waals surface area contributed by atoms with E-state index < -0.39 is 5.82 Å². The van der Waals surface area contributed by atoms with Crippen LogP contribution in [0, 0.1) is 17.1 Å². The maximum absolute atomic E-state index is 14.3. The number of hydrogen-bond acceptors (Lipinski definition) is 3. The zero-order valence-electron chi connectivity index (χ0n) is 11.7. The Bertz CT molecular complexity index is 680. The molecule has 5 heteroatoms. The molecule has 0 amide bonds. The summed E-state index contributed by atoms with van der Waals surface area (Å²) < 4.78 is 19.6. The number of ether oxygens (including phenoxy) is 1. The second-order valence-corrected chi connectivity index (χ2v) is 5.37. The zero-order chi connectivity index (χ0) is 15.4. The molecule has 0 saturated heterocycles. The Balaban J connectivity index is 2.22. The molecule has 0 atom stereocenters. The van der Waals surface area contributed by atoms with Crippen LogP contribution in [0.25, 0.3) is 0 Å². The van der Waals surface area contributed by atoms with E-state index in [2.05, 4.69) is 15.9 Å². The molecule has 0 aliphatic carbocycles. The summed E-state index contributed by atoms with van der Waals surface area (Å²) >= 11 is 3.12. The first-order valence-electron chi connectivity index (χ1n) is 6.29. The van der Waals surface area contributed by atoms with Crippen molar-refractivity contribution in [2.45, 2.75) is 6.54 Å². The van der Waals surface area contributed by atoms with Crippen molar-refractivity contribution in [3.63, 3.8) is 0 Å². The number of methoxy groups -OCH3 is 1. The minimum Gasteiger partial charge on any atom is -0.497 e. The maximum Gasteiger partial charge on any atom is 0.161 e. The SMILES string of the molecule is COc1ccc(CN(C)c2ccc(C#N)c(Br)c2F)cc1. The molecule has 2 aromatic rings. The molecular weight excluding hydrogens is 335 g/mol. The monoisotopic (exact) mass is 348 g/mol. The number of rotatable bonds is 4. The third kappa shape index (κ3) is 3.34. The molecule has 2 rings (SSSR count). The van der Waals surface area contributed by atoms with Gasteiger partial charge < -0.3 is 9.64 Å². The van der Waals surface area contributed by atoms with E-state index in [1.165, 1.54) is 0 Å². The van der Waals surface area contributed by atoms with Gasteiger partial charge in [0, 0.05) is 13.6 Å². The van der Waals surface area contributed by atoms with Crippen LogP contribution in [0.15, 0.2) is 40.9 Å². The Labute approximate surface area is 131 Å². The van der Waals surface area contributed by atoms with Gasteiger partial charge in [-0.25, -0.2) is 4.39 Å². The van der Waals surface area contributed by atoms with Gasteiger partial charge in [-0.1, -0.05) is 12.1 Å². The van der Waals surface area contributed by atoms with Crippen molar-refractivity contribution >= 4 is 21.6 Å². The highest BCUT2D eigenvalue weighted by Gasteiger charge is 2.14. The quantitative estimate of drug-likeness (QED) is 0.834. The first kappa shape index (κ1) is 15.3. The van der Waals surface area contributed by atoms with Crippen molar-refractivity contribution in [1.82, 2.24) is 0 Å². The number of hydrogen-bond donors (Lipinski definition) is 0. The topological polar surface area (TPSA) is 36.3 Å². The molecule has 108 valence electrons. The average Bonchev–Trinajstić information content (AvgIpc) is 2.50. The molecule has 0 fully saturated rings. The summed E-state index contributed by atoms with van der Waals surface area (Å²) in [5.74, 6) is 0.360. The lowest BCUT2D eigenvalue weighted by atomic mass is 10.1. The fourth-order valence-corrected chi connectivity index (χ4v) is 2.43. The maximum atomic E-state index is 14.3. The molecule has 0 aliphatic heterocycles. The third-order valence-electron chi connectivity index (χ3n) is 3.17. The predicted molar refractivity (Wildman–Crippen MR) is 83.9 cm³/mol. The van der Waals surface area contributed by atoms with Crippen molar-refractivity contribution in [1.29, 1.82) is 5.26 Å². The first-order chi connectivity index (χ1) is 10.1. The van der Waals surface area contributed by atoms with Crippen LogP contribution >= 0.6 is 15.9 Å². The molecule has 2 aromatic carbocycles. The molecule has 21 heavy (non-hydrogen) atoms. The summed E-state index contributed by atoms with van der Waals surface area (Å²) in [6, 6.07) is 12.8. The lowest BCUT2D eigenvalue weighted by Crippen LogP contribution is -2.18. The number of nitrogens with zero attached hydrogens (tertiary/aromatic N) is 2. The first-order valence-corrected chi connectivity index (χ1v) is 7.08. The average molecular weight is 349 g/mol. The highest BCUT2D eigenvalue weighted by Crippen LogP contribution is 2.29. The summed E-state index contributed by atoms with van der Waals surface area (Å²) in [5.41, 5.74) is 1.77. The van der Waals surface area contributed by atoms with Gasteiger partial charge in [0.15, 0.2) is 5.82 Å². The van der Waals surface area contributed by atoms with Gasteiger partial charge >= 0.3 is 0 Å². The van der Waals surface area contributed by atoms with E-state index in [1.807, 2.05) is 30.3 Å². The molecule has 0 heterocycles. The van der Waals surface area contributed by atoms with Crippen LogP contribution in [0.5, 0.6) is 5.75 Å². The highest BCUT2D eigenvalue weighted by molar-refractivity contribution is 9.10. The number of halogens is 2. The Morgan fingerprint density at radius 2 is 1.90 bits per heavy atom. The molecule has 0 aliphatic rings. The second kappa shape index (κ2) is 6.59. The van der Waals surface area contributed by atoms with E-state index in [0.29, 0.717) is 12.2 Å². The molecule has 0 bridgehead atoms. The predicted octanol–water partition coefficient (Wildman–Crippen LogP) is 4.10. The van der Waals surface area contributed by atoms with E-state index in [1.54, 1.807) is 31.2 Å². The fourth-order valence-electron chi connectivity index (χ4n) is 2.01. The van der Waals surface area contributed by atoms with Crippen molar-refractivity contribution in [3.8, 4) is 11.8 Å². The number of benzene rings is 2. The highest BCUT2D eigenvalue weighted by atomic mass is 79.9. The molecule has 0 aromatic heterocycles. The van der Waals surface area contributed by atoms with Gasteiger partial charge in [-0.05, 0) is 45.8 Å². The van der Waals surface area contributed by atoms with Crippen LogP contribution in [0.2, 0.25) is 0 Å². The lowest BCUT2D eigenvalue weighted by molar-refractivity contribution is 0.414. The summed E-state index contributed by atoms with van der Waals surface area (Å²) in [4.78, 5) is 1.79. The largest absolute Gasteiger partial charge is 0.497 e. The van der Waals surface area contributed by atoms with Gasteiger partial charge in [0.2, 0.25) is 0 Å². The van der Waals surface area contributed by atoms with E-state index in [-0.39, 0.29) is 10.0 Å². The van der Waals surface area contributed by atoms with Crippen LogP contribution in [0.3, 0.4) is 0 Å². The number of nitriles is 1. The van der Waals surface area contributed by atoms with Crippen LogP contribution in [-0.4, -0.2) is 14.2 Å². The Kier molecular flexibility index (Phi) is 4.81. The van der Waals surface area contributed by atoms with E-state index >= 15 is 0 Å². The van der Waals surface area contributed by atoms with Crippen molar-refractivity contribution in [3.05, 3.63) is 57.8 Å². The zero-order valence-corrected chi connectivity index (χ0v) is 13.3. The molecule has 3 nitrogen and oxygen atoms in total. The third-order valence-corrected chi connectivity index (χ3v) is 3.95. The Hall–Kier alpha value is -2.06. The normalized spacial score (nSPS) is 10.0.